The van der Waals surface area contributed by atoms with Crippen LogP contribution in [0.3, 0.4) is 0 Å². The van der Waals surface area contributed by atoms with Crippen molar-refractivity contribution in [2.45, 2.75) is 26.4 Å². The van der Waals surface area contributed by atoms with Crippen molar-refractivity contribution < 1.29 is 0 Å². The van der Waals surface area contributed by atoms with E-state index in [1.54, 1.807) is 7.05 Å². The van der Waals surface area contributed by atoms with Crippen LogP contribution in [0.25, 0.3) is 0 Å². The summed E-state index contributed by atoms with van der Waals surface area (Å²) >= 11 is 3.58. The van der Waals surface area contributed by atoms with E-state index in [1.165, 1.54) is 11.1 Å². The number of aromatic nitrogens is 1. The molecule has 0 radical (unpaired) electrons. The first-order valence-electron chi connectivity index (χ1n) is 7.24. The highest BCUT2D eigenvalue weighted by Crippen LogP contribution is 2.22. The molecule has 1 atom stereocenters. The number of benzene rings is 1. The molecule has 1 aromatic heterocycles. The number of hydrogen-bond donors (Lipinski definition) is 2. The average Bonchev–Trinajstić information content (AvgIpc) is 2.53. The van der Waals surface area contributed by atoms with E-state index in [0.29, 0.717) is 6.54 Å². The Hall–Kier alpha value is -1.88. The van der Waals surface area contributed by atoms with Crippen LogP contribution in [-0.2, 0) is 6.54 Å². The van der Waals surface area contributed by atoms with Gasteiger partial charge < -0.3 is 10.6 Å². The minimum Gasteiger partial charge on any atom is -0.351 e. The smallest absolute Gasteiger partial charge is 0.191 e. The molecule has 5 heteroatoms. The van der Waals surface area contributed by atoms with E-state index in [0.717, 1.165) is 16.1 Å². The number of hydrogen-bond acceptors (Lipinski definition) is 2. The molecule has 1 unspecified atom stereocenters. The average molecular weight is 361 g/mol. The van der Waals surface area contributed by atoms with Gasteiger partial charge in [-0.05, 0) is 37.1 Å². The second-order valence-electron chi connectivity index (χ2n) is 5.08. The van der Waals surface area contributed by atoms with Crippen LogP contribution in [0, 0.1) is 6.92 Å². The Morgan fingerprint density at radius 2 is 2.05 bits per heavy atom. The third kappa shape index (κ3) is 4.31. The Labute approximate surface area is 140 Å². The van der Waals surface area contributed by atoms with Gasteiger partial charge in [0.15, 0.2) is 5.96 Å². The third-order valence-corrected chi connectivity index (χ3v) is 4.21. The highest BCUT2D eigenvalue weighted by Gasteiger charge is 2.10. The number of nitrogens with one attached hydrogen (secondary N) is 2. The molecule has 0 aliphatic heterocycles. The fraction of sp³-hybridized carbons (Fsp3) is 0.294. The SMILES string of the molecule is CN=C(NCc1ncccc1C)NC(C)c1ccccc1Br. The molecule has 1 aromatic carbocycles. The summed E-state index contributed by atoms with van der Waals surface area (Å²) in [7, 11) is 1.77. The minimum atomic E-state index is 0.145. The van der Waals surface area contributed by atoms with Crippen molar-refractivity contribution in [3.05, 3.63) is 63.9 Å². The maximum absolute atomic E-state index is 4.38. The fourth-order valence-corrected chi connectivity index (χ4v) is 2.80. The molecule has 0 bridgehead atoms. The molecule has 2 N–H and O–H groups in total. The number of guanidine groups is 1. The van der Waals surface area contributed by atoms with Crippen molar-refractivity contribution in [3.63, 3.8) is 0 Å². The predicted molar refractivity (Wildman–Crippen MR) is 94.9 cm³/mol. The van der Waals surface area contributed by atoms with Gasteiger partial charge in [0.05, 0.1) is 18.3 Å². The minimum absolute atomic E-state index is 0.145. The van der Waals surface area contributed by atoms with Gasteiger partial charge in [-0.15, -0.1) is 0 Å². The Bertz CT molecular complexity index is 655. The van der Waals surface area contributed by atoms with Gasteiger partial charge in [-0.25, -0.2) is 0 Å². The normalized spacial score (nSPS) is 12.8. The number of rotatable bonds is 4. The summed E-state index contributed by atoms with van der Waals surface area (Å²) in [5.74, 6) is 0.758. The van der Waals surface area contributed by atoms with E-state index in [-0.39, 0.29) is 6.04 Å². The topological polar surface area (TPSA) is 49.3 Å². The van der Waals surface area contributed by atoms with Crippen LogP contribution < -0.4 is 10.6 Å². The van der Waals surface area contributed by atoms with E-state index < -0.39 is 0 Å². The largest absolute Gasteiger partial charge is 0.351 e. The predicted octanol–water partition coefficient (Wildman–Crippen LogP) is 3.58. The summed E-state index contributed by atoms with van der Waals surface area (Å²) < 4.78 is 1.09. The fourth-order valence-electron chi connectivity index (χ4n) is 2.17. The van der Waals surface area contributed by atoms with Gasteiger partial charge in [0, 0.05) is 17.7 Å². The molecule has 1 heterocycles. The number of halogens is 1. The standard InChI is InChI=1S/C17H21BrN4/c1-12-7-6-10-20-16(12)11-21-17(19-3)22-13(2)14-8-4-5-9-15(14)18/h4-10,13H,11H2,1-3H3,(H2,19,21,22). The summed E-state index contributed by atoms with van der Waals surface area (Å²) in [6.07, 6.45) is 1.81. The monoisotopic (exact) mass is 360 g/mol. The number of aliphatic imine (C=N–C) groups is 1. The van der Waals surface area contributed by atoms with Gasteiger partial charge >= 0.3 is 0 Å². The molecule has 0 fully saturated rings. The van der Waals surface area contributed by atoms with Crippen molar-refractivity contribution in [1.82, 2.24) is 15.6 Å². The van der Waals surface area contributed by atoms with E-state index in [9.17, 15) is 0 Å². The molecule has 0 aliphatic carbocycles. The van der Waals surface area contributed by atoms with Crippen molar-refractivity contribution >= 4 is 21.9 Å². The highest BCUT2D eigenvalue weighted by atomic mass is 79.9. The summed E-state index contributed by atoms with van der Waals surface area (Å²) in [5, 5.41) is 6.70. The van der Waals surface area contributed by atoms with Crippen molar-refractivity contribution in [2.24, 2.45) is 4.99 Å². The van der Waals surface area contributed by atoms with Crippen LogP contribution in [0.4, 0.5) is 0 Å². The second kappa shape index (κ2) is 7.94. The van der Waals surface area contributed by atoms with Crippen molar-refractivity contribution in [1.29, 1.82) is 0 Å². The Balaban J connectivity index is 1.98. The molecule has 0 amide bonds. The zero-order valence-electron chi connectivity index (χ0n) is 13.1. The first kappa shape index (κ1) is 16.5. The molecule has 22 heavy (non-hydrogen) atoms. The Kier molecular flexibility index (Phi) is 5.95. The summed E-state index contributed by atoms with van der Waals surface area (Å²) in [6.45, 7) is 4.82. The van der Waals surface area contributed by atoms with Crippen molar-refractivity contribution in [2.75, 3.05) is 7.05 Å². The molecule has 0 aliphatic rings. The van der Waals surface area contributed by atoms with Crippen LogP contribution in [0.2, 0.25) is 0 Å². The first-order valence-corrected chi connectivity index (χ1v) is 8.03. The van der Waals surface area contributed by atoms with Crippen LogP contribution in [0.1, 0.15) is 29.8 Å². The van der Waals surface area contributed by atoms with E-state index in [1.807, 2.05) is 30.5 Å². The molecule has 0 saturated heterocycles. The summed E-state index contributed by atoms with van der Waals surface area (Å²) in [4.78, 5) is 8.66. The lowest BCUT2D eigenvalue weighted by atomic mass is 10.1. The molecule has 116 valence electrons. The number of nitrogens with zero attached hydrogens (tertiary/aromatic N) is 2. The lowest BCUT2D eigenvalue weighted by Gasteiger charge is -2.19. The first-order chi connectivity index (χ1) is 10.6. The van der Waals surface area contributed by atoms with Gasteiger partial charge in [-0.3, -0.25) is 9.98 Å². The van der Waals surface area contributed by atoms with E-state index in [2.05, 4.69) is 62.5 Å². The molecule has 2 rings (SSSR count). The van der Waals surface area contributed by atoms with Gasteiger partial charge in [0.1, 0.15) is 0 Å². The van der Waals surface area contributed by atoms with Gasteiger partial charge in [-0.2, -0.15) is 0 Å². The van der Waals surface area contributed by atoms with Crippen LogP contribution >= 0.6 is 15.9 Å². The summed E-state index contributed by atoms with van der Waals surface area (Å²) in [6, 6.07) is 12.3. The Morgan fingerprint density at radius 3 is 2.73 bits per heavy atom. The zero-order valence-corrected chi connectivity index (χ0v) is 14.7. The van der Waals surface area contributed by atoms with Gasteiger partial charge in [0.25, 0.3) is 0 Å². The quantitative estimate of drug-likeness (QED) is 0.647. The number of aryl methyl sites for hydroxylation is 1. The highest BCUT2D eigenvalue weighted by molar-refractivity contribution is 9.10. The maximum atomic E-state index is 4.38. The second-order valence-corrected chi connectivity index (χ2v) is 5.93. The van der Waals surface area contributed by atoms with E-state index in [4.69, 9.17) is 0 Å². The van der Waals surface area contributed by atoms with Crippen LogP contribution in [0.15, 0.2) is 52.1 Å². The molecule has 2 aromatic rings. The molecule has 4 nitrogen and oxygen atoms in total. The third-order valence-electron chi connectivity index (χ3n) is 3.49. The van der Waals surface area contributed by atoms with Crippen LogP contribution in [0.5, 0.6) is 0 Å². The van der Waals surface area contributed by atoms with Crippen molar-refractivity contribution in [3.8, 4) is 0 Å². The summed E-state index contributed by atoms with van der Waals surface area (Å²) in [5.41, 5.74) is 3.39. The molecular formula is C17H21BrN4. The number of pyridine rings is 1. The van der Waals surface area contributed by atoms with Gasteiger partial charge in [0.2, 0.25) is 0 Å². The lowest BCUT2D eigenvalue weighted by molar-refractivity contribution is 0.679. The van der Waals surface area contributed by atoms with Gasteiger partial charge in [-0.1, -0.05) is 40.2 Å². The molecule has 0 saturated carbocycles. The zero-order chi connectivity index (χ0) is 15.9. The molecule has 0 spiro atoms. The maximum Gasteiger partial charge on any atom is 0.191 e. The Morgan fingerprint density at radius 1 is 1.27 bits per heavy atom. The van der Waals surface area contributed by atoms with Crippen LogP contribution in [-0.4, -0.2) is 18.0 Å². The lowest BCUT2D eigenvalue weighted by Crippen LogP contribution is -2.38. The molecular weight excluding hydrogens is 340 g/mol. The van der Waals surface area contributed by atoms with E-state index >= 15 is 0 Å².